The first kappa shape index (κ1) is 50.7. The number of anilines is 1. The maximum absolute atomic E-state index is 13.9. The van der Waals surface area contributed by atoms with Crippen LogP contribution in [0.2, 0.25) is 0 Å². The van der Waals surface area contributed by atoms with Crippen LogP contribution in [0.5, 0.6) is 5.75 Å². The lowest BCUT2D eigenvalue weighted by Crippen LogP contribution is -2.61. The number of ketones is 1. The van der Waals surface area contributed by atoms with Gasteiger partial charge in [-0.2, -0.15) is 0 Å². The molecule has 5 heterocycles. The molecule has 3 aliphatic rings. The zero-order valence-electron chi connectivity index (χ0n) is 39.3. The molecule has 1 fully saturated rings. The van der Waals surface area contributed by atoms with Crippen molar-refractivity contribution >= 4 is 46.1 Å². The largest absolute Gasteiger partial charge is 0.479 e. The van der Waals surface area contributed by atoms with Gasteiger partial charge in [0.25, 0.3) is 5.56 Å². The summed E-state index contributed by atoms with van der Waals surface area (Å²) in [7, 11) is 0. The molecule has 0 unspecified atom stereocenters. The minimum absolute atomic E-state index is 0.0141. The van der Waals surface area contributed by atoms with Crippen molar-refractivity contribution in [3.8, 4) is 17.1 Å². The van der Waals surface area contributed by atoms with Gasteiger partial charge in [0.1, 0.15) is 30.7 Å². The Hall–Kier alpha value is -6.13. The number of aromatic nitrogens is 2. The standard InChI is InChI=1S/C49H60N6O14/c1-7-49(66)31-18-34-39-29(20-55(34)45(62)30(31)22-67-48(49)65)27(28-10-8-9-11-32(28)52-39)14-15-54(24(4)5)21-37(57)51-19-26-12-13-33(53-44(61)25(6)16-35(56)38(50)23(2)3)36(17-26)68-47-42(60)40(58)41(59)43(69-47)46(63)64/h8-13,17-18,23-25,38,40-43,47,58-60,66H,7,14-16,19-22,50H2,1-6H3,(H,51,57)(H,53,61)(H,63,64)/t25-,38+,40+,41+,42-,43+,47-,49+/m1/s1. The van der Waals surface area contributed by atoms with E-state index in [1.54, 1.807) is 44.4 Å². The van der Waals surface area contributed by atoms with E-state index in [2.05, 4.69) is 10.6 Å². The summed E-state index contributed by atoms with van der Waals surface area (Å²) in [5.74, 6) is -4.79. The molecule has 0 spiro atoms. The number of para-hydroxylation sites is 1. The van der Waals surface area contributed by atoms with E-state index in [0.717, 1.165) is 16.5 Å². The van der Waals surface area contributed by atoms with Crippen LogP contribution in [0.4, 0.5) is 5.69 Å². The number of nitrogens with two attached hydrogens (primary N) is 1. The number of aliphatic hydroxyl groups excluding tert-OH is 3. The second kappa shape index (κ2) is 20.5. The first-order chi connectivity index (χ1) is 32.6. The molecule has 8 atom stereocenters. The fraction of sp³-hybridized carbons (Fsp3) is 0.490. The minimum Gasteiger partial charge on any atom is -0.479 e. The monoisotopic (exact) mass is 956 g/mol. The van der Waals surface area contributed by atoms with Crippen LogP contribution in [0.3, 0.4) is 0 Å². The van der Waals surface area contributed by atoms with Crippen molar-refractivity contribution in [1.82, 2.24) is 19.8 Å². The Balaban J connectivity index is 1.09. The lowest BCUT2D eigenvalue weighted by Gasteiger charge is -2.38. The molecule has 0 bridgehead atoms. The average molecular weight is 957 g/mol. The number of carbonyl (C=O) groups excluding carboxylic acids is 4. The van der Waals surface area contributed by atoms with Crippen molar-refractivity contribution in [2.75, 3.05) is 18.4 Å². The van der Waals surface area contributed by atoms with E-state index in [0.29, 0.717) is 35.4 Å². The number of esters is 1. The molecule has 2 aromatic carbocycles. The zero-order valence-corrected chi connectivity index (χ0v) is 39.3. The summed E-state index contributed by atoms with van der Waals surface area (Å²) < 4.78 is 18.1. The van der Waals surface area contributed by atoms with Crippen LogP contribution in [0.15, 0.2) is 53.3 Å². The molecule has 9 N–H and O–H groups in total. The number of carboxylic acid groups (broad SMARTS) is 1. The smallest absolute Gasteiger partial charge is 0.343 e. The summed E-state index contributed by atoms with van der Waals surface area (Å²) in [6.07, 6.45) is -9.34. The summed E-state index contributed by atoms with van der Waals surface area (Å²) in [6.45, 7) is 11.0. The quantitative estimate of drug-likeness (QED) is 0.0577. The Morgan fingerprint density at radius 2 is 1.72 bits per heavy atom. The molecule has 4 aromatic rings. The molecule has 7 rings (SSSR count). The van der Waals surface area contributed by atoms with Crippen molar-refractivity contribution in [1.29, 1.82) is 0 Å². The number of fused-ring (bicyclic) bond motifs is 5. The average Bonchev–Trinajstić information content (AvgIpc) is 3.69. The SMILES string of the molecule is CC[C@@]1(O)C(=O)OCc2c1cc1n(c2=O)Cc2c-1nc1ccccc1c2CCN(CC(=O)NCc1ccc(NC(=O)[C@H](C)CC(=O)[C@@H](N)C(C)C)c(O[C@@H]2O[C@H](C(=O)O)[C@@H](O)[C@H](O)[C@H]2O)c1)C(C)C. The first-order valence-corrected chi connectivity index (χ1v) is 23.0. The highest BCUT2D eigenvalue weighted by Gasteiger charge is 2.49. The van der Waals surface area contributed by atoms with E-state index in [9.17, 15) is 54.3 Å². The normalized spacial score (nSPS) is 22.7. The number of cyclic esters (lactones) is 1. The number of aliphatic carboxylic acids is 1. The van der Waals surface area contributed by atoms with Gasteiger partial charge in [-0.1, -0.05) is 52.0 Å². The van der Waals surface area contributed by atoms with Crippen molar-refractivity contribution < 1.29 is 63.7 Å². The molecular formula is C49H60N6O14. The summed E-state index contributed by atoms with van der Waals surface area (Å²) >= 11 is 0. The number of pyridine rings is 2. The molecule has 1 saturated heterocycles. The number of ether oxygens (including phenoxy) is 3. The van der Waals surface area contributed by atoms with Crippen LogP contribution in [-0.2, 0) is 65.2 Å². The second-order valence-corrected chi connectivity index (χ2v) is 18.6. The van der Waals surface area contributed by atoms with Crippen molar-refractivity contribution in [3.63, 3.8) is 0 Å². The van der Waals surface area contributed by atoms with E-state index in [1.165, 1.54) is 12.1 Å². The molecule has 69 heavy (non-hydrogen) atoms. The lowest BCUT2D eigenvalue weighted by molar-refractivity contribution is -0.271. The van der Waals surface area contributed by atoms with Gasteiger partial charge in [-0.05, 0) is 68.0 Å². The van der Waals surface area contributed by atoms with Gasteiger partial charge in [-0.3, -0.25) is 24.1 Å². The van der Waals surface area contributed by atoms with Gasteiger partial charge in [0.2, 0.25) is 18.1 Å². The van der Waals surface area contributed by atoms with Crippen molar-refractivity contribution in [2.45, 2.75) is 129 Å². The van der Waals surface area contributed by atoms with E-state index in [-0.39, 0.29) is 90.9 Å². The fourth-order valence-electron chi connectivity index (χ4n) is 8.92. The topological polar surface area (TPSA) is 302 Å². The third-order valence-electron chi connectivity index (χ3n) is 13.3. The molecule has 20 nitrogen and oxygen atoms in total. The van der Waals surface area contributed by atoms with Crippen LogP contribution < -0.4 is 26.7 Å². The number of benzene rings is 2. The highest BCUT2D eigenvalue weighted by molar-refractivity contribution is 5.97. The second-order valence-electron chi connectivity index (χ2n) is 18.6. The van der Waals surface area contributed by atoms with Gasteiger partial charge in [0, 0.05) is 48.0 Å². The molecule has 2 aromatic heterocycles. The number of carbonyl (C=O) groups is 5. The minimum atomic E-state index is -1.98. The summed E-state index contributed by atoms with van der Waals surface area (Å²) in [5.41, 5.74) is 8.09. The Bertz CT molecular complexity index is 2720. The maximum Gasteiger partial charge on any atom is 0.343 e. The predicted molar refractivity (Wildman–Crippen MR) is 248 cm³/mol. The van der Waals surface area contributed by atoms with Crippen LogP contribution in [0.25, 0.3) is 22.3 Å². The highest BCUT2D eigenvalue weighted by atomic mass is 16.7. The Labute approximate surface area is 397 Å². The number of hydrogen-bond acceptors (Lipinski definition) is 16. The van der Waals surface area contributed by atoms with E-state index in [1.807, 2.05) is 43.0 Å². The number of amides is 2. The number of carboxylic acids is 1. The van der Waals surface area contributed by atoms with E-state index >= 15 is 0 Å². The van der Waals surface area contributed by atoms with Gasteiger partial charge in [-0.25, -0.2) is 14.6 Å². The summed E-state index contributed by atoms with van der Waals surface area (Å²) in [6, 6.07) is 12.9. The van der Waals surface area contributed by atoms with Crippen molar-refractivity contribution in [3.05, 3.63) is 86.7 Å². The Morgan fingerprint density at radius 3 is 2.41 bits per heavy atom. The molecule has 0 saturated carbocycles. The number of aliphatic hydroxyl groups is 4. The number of rotatable bonds is 18. The molecule has 370 valence electrons. The Kier molecular flexibility index (Phi) is 15.0. The maximum atomic E-state index is 13.9. The van der Waals surface area contributed by atoms with E-state index < -0.39 is 66.1 Å². The van der Waals surface area contributed by atoms with Crippen molar-refractivity contribution in [2.24, 2.45) is 17.6 Å². The number of hydrogen-bond donors (Lipinski definition) is 8. The predicted octanol–water partition coefficient (Wildman–Crippen LogP) is 1.44. The van der Waals surface area contributed by atoms with Gasteiger partial charge in [0.05, 0.1) is 47.3 Å². The summed E-state index contributed by atoms with van der Waals surface area (Å²) in [4.78, 5) is 85.3. The van der Waals surface area contributed by atoms with Gasteiger partial charge in [-0.15, -0.1) is 0 Å². The highest BCUT2D eigenvalue weighted by Crippen LogP contribution is 2.40. The lowest BCUT2D eigenvalue weighted by atomic mass is 9.86. The van der Waals surface area contributed by atoms with Crippen LogP contribution in [0, 0.1) is 11.8 Å². The number of nitrogens with zero attached hydrogens (tertiary/aromatic N) is 3. The van der Waals surface area contributed by atoms with Gasteiger partial charge in [0.15, 0.2) is 17.5 Å². The van der Waals surface area contributed by atoms with Crippen LogP contribution in [0.1, 0.15) is 82.2 Å². The van der Waals surface area contributed by atoms with E-state index in [4.69, 9.17) is 24.9 Å². The molecule has 0 radical (unpaired) electrons. The van der Waals surface area contributed by atoms with Gasteiger partial charge >= 0.3 is 11.9 Å². The molecule has 2 amide bonds. The molecule has 0 aliphatic carbocycles. The fourth-order valence-corrected chi connectivity index (χ4v) is 8.92. The first-order valence-electron chi connectivity index (χ1n) is 23.0. The van der Waals surface area contributed by atoms with Crippen LogP contribution in [-0.4, -0.2) is 125 Å². The zero-order chi connectivity index (χ0) is 50.2. The molecule has 20 heteroatoms. The van der Waals surface area contributed by atoms with Crippen LogP contribution >= 0.6 is 0 Å². The third-order valence-corrected chi connectivity index (χ3v) is 13.3. The summed E-state index contributed by atoms with van der Waals surface area (Å²) in [5, 5.41) is 58.9. The number of nitrogens with one attached hydrogen (secondary N) is 2. The van der Waals surface area contributed by atoms with Gasteiger partial charge < -0.3 is 60.7 Å². The molecule has 3 aliphatic heterocycles. The Morgan fingerprint density at radius 1 is 1.00 bits per heavy atom. The number of Topliss-reactive ketones (excluding diaryl/α,β-unsaturated/α-hetero) is 1. The third kappa shape index (κ3) is 10.1. The molecular weight excluding hydrogens is 897 g/mol.